The van der Waals surface area contributed by atoms with Crippen LogP contribution in [0, 0.1) is 0 Å². The van der Waals surface area contributed by atoms with Crippen molar-refractivity contribution >= 4 is 29.5 Å². The van der Waals surface area contributed by atoms with Gasteiger partial charge < -0.3 is 14.8 Å². The van der Waals surface area contributed by atoms with E-state index in [-0.39, 0.29) is 24.7 Å². The molecule has 158 valence electrons. The maximum absolute atomic E-state index is 13.0. The van der Waals surface area contributed by atoms with E-state index in [9.17, 15) is 14.4 Å². The number of amides is 3. The molecule has 2 heterocycles. The molecule has 1 aromatic heterocycles. The molecule has 0 saturated carbocycles. The lowest BCUT2D eigenvalue weighted by molar-refractivity contribution is 0.0546. The molecule has 2 aromatic carbocycles. The Morgan fingerprint density at radius 2 is 1.71 bits per heavy atom. The van der Waals surface area contributed by atoms with Crippen LogP contribution in [0.1, 0.15) is 45.5 Å². The first-order valence-corrected chi connectivity index (χ1v) is 9.86. The summed E-state index contributed by atoms with van der Waals surface area (Å²) in [6.45, 7) is 0.146. The van der Waals surface area contributed by atoms with Gasteiger partial charge in [0.1, 0.15) is 6.04 Å². The molecule has 3 amide bonds. The number of aromatic nitrogens is 2. The van der Waals surface area contributed by atoms with Gasteiger partial charge in [-0.25, -0.2) is 4.79 Å². The van der Waals surface area contributed by atoms with E-state index in [2.05, 4.69) is 15.5 Å². The molecule has 2 N–H and O–H groups in total. The fourth-order valence-corrected chi connectivity index (χ4v) is 3.55. The summed E-state index contributed by atoms with van der Waals surface area (Å²) in [7, 11) is 0. The lowest BCUT2D eigenvalue weighted by Crippen LogP contribution is -2.35. The number of carboxylic acid groups (broad SMARTS) is 1. The SMILES string of the molecule is O=C(O)NCCCC(c1nnc(-c2ccc(Cl)cc2)o1)N1C(=O)c2ccccc2C1=O. The molecule has 1 aliphatic heterocycles. The summed E-state index contributed by atoms with van der Waals surface area (Å²) >= 11 is 5.91. The van der Waals surface area contributed by atoms with Crippen LogP contribution in [0.2, 0.25) is 5.02 Å². The number of hydrogen-bond donors (Lipinski definition) is 2. The van der Waals surface area contributed by atoms with Crippen LogP contribution >= 0.6 is 11.6 Å². The highest BCUT2D eigenvalue weighted by atomic mass is 35.5. The Kier molecular flexibility index (Phi) is 5.68. The number of rotatable bonds is 7. The van der Waals surface area contributed by atoms with Gasteiger partial charge in [0.15, 0.2) is 0 Å². The summed E-state index contributed by atoms with van der Waals surface area (Å²) in [4.78, 5) is 37.8. The summed E-state index contributed by atoms with van der Waals surface area (Å²) in [5, 5.41) is 19.7. The molecule has 0 radical (unpaired) electrons. The predicted molar refractivity (Wildman–Crippen MR) is 110 cm³/mol. The molecule has 9 nitrogen and oxygen atoms in total. The van der Waals surface area contributed by atoms with Gasteiger partial charge in [-0.2, -0.15) is 0 Å². The number of carbonyl (C=O) groups excluding carboxylic acids is 2. The Labute approximate surface area is 181 Å². The number of imide groups is 1. The minimum Gasteiger partial charge on any atom is -0.465 e. The van der Waals surface area contributed by atoms with Crippen LogP contribution in [-0.2, 0) is 0 Å². The quantitative estimate of drug-likeness (QED) is 0.423. The normalized spacial score (nSPS) is 13.9. The number of nitrogens with one attached hydrogen (secondary N) is 1. The van der Waals surface area contributed by atoms with Gasteiger partial charge in [0.05, 0.1) is 11.1 Å². The van der Waals surface area contributed by atoms with Gasteiger partial charge >= 0.3 is 6.09 Å². The van der Waals surface area contributed by atoms with E-state index < -0.39 is 23.9 Å². The second-order valence-electron chi connectivity index (χ2n) is 6.87. The maximum atomic E-state index is 13.0. The van der Waals surface area contributed by atoms with Crippen molar-refractivity contribution in [1.82, 2.24) is 20.4 Å². The molecular weight excluding hydrogens is 424 g/mol. The summed E-state index contributed by atoms with van der Waals surface area (Å²) in [6.07, 6.45) is -0.558. The molecule has 0 aliphatic carbocycles. The minimum absolute atomic E-state index is 0.0924. The Balaban J connectivity index is 1.64. The average Bonchev–Trinajstić information content (AvgIpc) is 3.34. The number of fused-ring (bicyclic) bond motifs is 1. The fraction of sp³-hybridized carbons (Fsp3) is 0.190. The van der Waals surface area contributed by atoms with E-state index in [1.54, 1.807) is 48.5 Å². The average molecular weight is 441 g/mol. The zero-order valence-corrected chi connectivity index (χ0v) is 16.9. The number of nitrogens with zero attached hydrogens (tertiary/aromatic N) is 3. The van der Waals surface area contributed by atoms with E-state index in [0.717, 1.165) is 4.90 Å². The molecule has 0 bridgehead atoms. The molecule has 10 heteroatoms. The fourth-order valence-electron chi connectivity index (χ4n) is 3.42. The summed E-state index contributed by atoms with van der Waals surface area (Å²) in [6, 6.07) is 12.5. The van der Waals surface area contributed by atoms with Crippen LogP contribution in [0.4, 0.5) is 4.79 Å². The third kappa shape index (κ3) is 4.13. The van der Waals surface area contributed by atoms with Gasteiger partial charge in [0, 0.05) is 17.1 Å². The summed E-state index contributed by atoms with van der Waals surface area (Å²) < 4.78 is 5.81. The van der Waals surface area contributed by atoms with Crippen molar-refractivity contribution in [3.05, 3.63) is 70.6 Å². The van der Waals surface area contributed by atoms with E-state index in [1.165, 1.54) is 0 Å². The molecule has 4 rings (SSSR count). The molecule has 1 atom stereocenters. The predicted octanol–water partition coefficient (Wildman–Crippen LogP) is 3.78. The third-order valence-electron chi connectivity index (χ3n) is 4.88. The van der Waals surface area contributed by atoms with E-state index in [0.29, 0.717) is 28.1 Å². The number of hydrogen-bond acceptors (Lipinski definition) is 6. The third-order valence-corrected chi connectivity index (χ3v) is 5.14. The minimum atomic E-state index is -1.15. The second kappa shape index (κ2) is 8.57. The molecule has 0 saturated heterocycles. The highest BCUT2D eigenvalue weighted by Crippen LogP contribution is 2.34. The second-order valence-corrected chi connectivity index (χ2v) is 7.30. The van der Waals surface area contributed by atoms with Crippen LogP contribution in [0.15, 0.2) is 52.9 Å². The lowest BCUT2D eigenvalue weighted by atomic mass is 10.1. The molecule has 1 aliphatic rings. The zero-order valence-electron chi connectivity index (χ0n) is 16.1. The van der Waals surface area contributed by atoms with Crippen molar-refractivity contribution in [1.29, 1.82) is 0 Å². The Bertz CT molecular complexity index is 1110. The van der Waals surface area contributed by atoms with Crippen molar-refractivity contribution in [3.8, 4) is 11.5 Å². The van der Waals surface area contributed by atoms with Crippen LogP contribution in [0.3, 0.4) is 0 Å². The highest BCUT2D eigenvalue weighted by molar-refractivity contribution is 6.30. The largest absolute Gasteiger partial charge is 0.465 e. The summed E-state index contributed by atoms with van der Waals surface area (Å²) in [5.74, 6) is -0.599. The van der Waals surface area contributed by atoms with Gasteiger partial charge in [-0.3, -0.25) is 14.5 Å². The van der Waals surface area contributed by atoms with Crippen molar-refractivity contribution < 1.29 is 23.9 Å². The molecule has 31 heavy (non-hydrogen) atoms. The first kappa shape index (κ1) is 20.5. The lowest BCUT2D eigenvalue weighted by Gasteiger charge is -2.23. The monoisotopic (exact) mass is 440 g/mol. The molecule has 3 aromatic rings. The van der Waals surface area contributed by atoms with Gasteiger partial charge in [-0.1, -0.05) is 23.7 Å². The Morgan fingerprint density at radius 1 is 1.06 bits per heavy atom. The zero-order chi connectivity index (χ0) is 22.0. The van der Waals surface area contributed by atoms with Gasteiger partial charge in [-0.05, 0) is 49.2 Å². The van der Waals surface area contributed by atoms with E-state index in [4.69, 9.17) is 21.1 Å². The molecule has 1 unspecified atom stereocenters. The molecule has 0 spiro atoms. The van der Waals surface area contributed by atoms with Gasteiger partial charge in [-0.15, -0.1) is 10.2 Å². The smallest absolute Gasteiger partial charge is 0.404 e. The van der Waals surface area contributed by atoms with Gasteiger partial charge in [0.25, 0.3) is 11.8 Å². The molecular formula is C21H17ClN4O5. The van der Waals surface area contributed by atoms with Crippen molar-refractivity contribution in [2.24, 2.45) is 0 Å². The van der Waals surface area contributed by atoms with Crippen LogP contribution < -0.4 is 5.32 Å². The maximum Gasteiger partial charge on any atom is 0.404 e. The molecule has 0 fully saturated rings. The summed E-state index contributed by atoms with van der Waals surface area (Å²) in [5.41, 5.74) is 1.24. The van der Waals surface area contributed by atoms with Gasteiger partial charge in [0.2, 0.25) is 11.8 Å². The highest BCUT2D eigenvalue weighted by Gasteiger charge is 2.42. The van der Waals surface area contributed by atoms with Crippen LogP contribution in [0.5, 0.6) is 0 Å². The van der Waals surface area contributed by atoms with Crippen molar-refractivity contribution in [2.75, 3.05) is 6.54 Å². The van der Waals surface area contributed by atoms with Crippen LogP contribution in [0.25, 0.3) is 11.5 Å². The first-order chi connectivity index (χ1) is 15.0. The standard InChI is InChI=1S/C21H17ClN4O5/c22-13-9-7-12(8-10-13)17-24-25-18(31-17)16(6-3-11-23-21(29)30)26-19(27)14-4-1-2-5-15(14)20(26)28/h1-2,4-5,7-10,16,23H,3,6,11H2,(H,29,30). The topological polar surface area (TPSA) is 126 Å². The first-order valence-electron chi connectivity index (χ1n) is 9.49. The van der Waals surface area contributed by atoms with Crippen molar-refractivity contribution in [2.45, 2.75) is 18.9 Å². The van der Waals surface area contributed by atoms with Crippen molar-refractivity contribution in [3.63, 3.8) is 0 Å². The Hall–Kier alpha value is -3.72. The van der Waals surface area contributed by atoms with E-state index in [1.807, 2.05) is 0 Å². The number of carbonyl (C=O) groups is 3. The number of halogens is 1. The van der Waals surface area contributed by atoms with E-state index >= 15 is 0 Å². The Morgan fingerprint density at radius 3 is 2.32 bits per heavy atom. The van der Waals surface area contributed by atoms with Crippen LogP contribution in [-0.4, -0.2) is 44.7 Å². The number of benzene rings is 2.